The summed E-state index contributed by atoms with van der Waals surface area (Å²) in [6, 6.07) is 0.668. The summed E-state index contributed by atoms with van der Waals surface area (Å²) in [5, 5.41) is 3.49. The second kappa shape index (κ2) is 6.61. The number of nitrogens with one attached hydrogen (secondary N) is 1. The van der Waals surface area contributed by atoms with Crippen molar-refractivity contribution >= 4 is 0 Å². The predicted octanol–water partition coefficient (Wildman–Crippen LogP) is 2.89. The summed E-state index contributed by atoms with van der Waals surface area (Å²) in [4.78, 5) is 2.66. The molecule has 2 heteroatoms. The highest BCUT2D eigenvalue weighted by Crippen LogP contribution is 2.29. The minimum Gasteiger partial charge on any atom is -0.314 e. The van der Waals surface area contributed by atoms with E-state index in [-0.39, 0.29) is 0 Å². The number of hydrogen-bond acceptors (Lipinski definition) is 2. The molecule has 1 fully saturated rings. The fraction of sp³-hybridized carbons (Fsp3) is 1.00. The van der Waals surface area contributed by atoms with E-state index in [2.05, 4.69) is 37.9 Å². The van der Waals surface area contributed by atoms with Crippen molar-refractivity contribution in [3.05, 3.63) is 0 Å². The van der Waals surface area contributed by atoms with Crippen molar-refractivity contribution in [2.75, 3.05) is 26.2 Å². The zero-order valence-electron chi connectivity index (χ0n) is 11.7. The lowest BCUT2D eigenvalue weighted by atomic mass is 9.85. The summed E-state index contributed by atoms with van der Waals surface area (Å²) < 4.78 is 0. The lowest BCUT2D eigenvalue weighted by Crippen LogP contribution is -2.33. The summed E-state index contributed by atoms with van der Waals surface area (Å²) in [7, 11) is 0. The maximum Gasteiger partial charge on any atom is 0.00507 e. The molecule has 0 spiro atoms. The van der Waals surface area contributed by atoms with Crippen molar-refractivity contribution in [2.24, 2.45) is 5.41 Å². The van der Waals surface area contributed by atoms with Crippen molar-refractivity contribution in [1.29, 1.82) is 0 Å². The van der Waals surface area contributed by atoms with Crippen molar-refractivity contribution in [1.82, 2.24) is 10.2 Å². The summed E-state index contributed by atoms with van der Waals surface area (Å²) in [5.41, 5.74) is 0.571. The molecule has 0 aromatic rings. The van der Waals surface area contributed by atoms with Crippen LogP contribution in [0.25, 0.3) is 0 Å². The monoisotopic (exact) mass is 226 g/mol. The molecule has 1 unspecified atom stereocenters. The molecule has 1 rings (SSSR count). The van der Waals surface area contributed by atoms with Crippen molar-refractivity contribution < 1.29 is 0 Å². The summed E-state index contributed by atoms with van der Waals surface area (Å²) in [5.74, 6) is 0. The van der Waals surface area contributed by atoms with Crippen molar-refractivity contribution in [3.63, 3.8) is 0 Å². The third-order valence-corrected chi connectivity index (χ3v) is 3.86. The van der Waals surface area contributed by atoms with Crippen LogP contribution >= 0.6 is 0 Å². The van der Waals surface area contributed by atoms with Crippen LogP contribution in [-0.4, -0.2) is 37.1 Å². The van der Waals surface area contributed by atoms with Gasteiger partial charge in [-0.3, -0.25) is 0 Å². The van der Waals surface area contributed by atoms with Gasteiger partial charge in [-0.1, -0.05) is 20.8 Å². The quantitative estimate of drug-likeness (QED) is 0.775. The van der Waals surface area contributed by atoms with Crippen LogP contribution in [0.3, 0.4) is 0 Å². The van der Waals surface area contributed by atoms with Gasteiger partial charge < -0.3 is 10.2 Å². The van der Waals surface area contributed by atoms with Crippen LogP contribution in [0.1, 0.15) is 53.4 Å². The Morgan fingerprint density at radius 1 is 1.25 bits per heavy atom. The molecule has 96 valence electrons. The second-order valence-corrected chi connectivity index (χ2v) is 6.11. The van der Waals surface area contributed by atoms with Crippen molar-refractivity contribution in [2.45, 2.75) is 59.4 Å². The highest BCUT2D eigenvalue weighted by Gasteiger charge is 2.22. The molecule has 0 radical (unpaired) electrons. The number of hydrogen-bond donors (Lipinski definition) is 1. The van der Waals surface area contributed by atoms with E-state index in [1.807, 2.05) is 0 Å². The maximum absolute atomic E-state index is 3.49. The van der Waals surface area contributed by atoms with Crippen LogP contribution in [0.5, 0.6) is 0 Å². The van der Waals surface area contributed by atoms with Gasteiger partial charge in [-0.25, -0.2) is 0 Å². The Hall–Kier alpha value is -0.0800. The van der Waals surface area contributed by atoms with E-state index in [9.17, 15) is 0 Å². The van der Waals surface area contributed by atoms with Gasteiger partial charge in [-0.05, 0) is 64.2 Å². The first-order chi connectivity index (χ1) is 7.53. The molecule has 2 nitrogen and oxygen atoms in total. The average molecular weight is 226 g/mol. The Labute approximate surface area is 102 Å². The Bertz CT molecular complexity index is 189. The highest BCUT2D eigenvalue weighted by molar-refractivity contribution is 4.76. The number of rotatable bonds is 5. The molecule has 1 atom stereocenters. The zero-order valence-corrected chi connectivity index (χ0v) is 11.7. The Morgan fingerprint density at radius 2 is 2.00 bits per heavy atom. The van der Waals surface area contributed by atoms with Crippen LogP contribution in [0.15, 0.2) is 0 Å². The zero-order chi connectivity index (χ0) is 12.0. The standard InChI is InChI=1S/C14H30N2/c1-5-15-13(2)7-11-16-10-6-8-14(3,4)9-12-16/h13,15H,5-12H2,1-4H3. The van der Waals surface area contributed by atoms with Crippen LogP contribution in [0.4, 0.5) is 0 Å². The van der Waals surface area contributed by atoms with Gasteiger partial charge in [0.05, 0.1) is 0 Å². The molecule has 0 aromatic carbocycles. The third-order valence-electron chi connectivity index (χ3n) is 3.86. The van der Waals surface area contributed by atoms with E-state index in [1.54, 1.807) is 0 Å². The lowest BCUT2D eigenvalue weighted by Gasteiger charge is -2.24. The number of likely N-dealkylation sites (tertiary alicyclic amines) is 1. The third kappa shape index (κ3) is 5.31. The summed E-state index contributed by atoms with van der Waals surface area (Å²) in [6.45, 7) is 14.3. The van der Waals surface area contributed by atoms with Crippen LogP contribution in [0.2, 0.25) is 0 Å². The van der Waals surface area contributed by atoms with E-state index in [0.29, 0.717) is 11.5 Å². The molecule has 1 saturated heterocycles. The molecule has 1 aliphatic rings. The number of nitrogens with zero attached hydrogens (tertiary/aromatic N) is 1. The molecule has 1 heterocycles. The second-order valence-electron chi connectivity index (χ2n) is 6.11. The molecular formula is C14H30N2. The first-order valence-corrected chi connectivity index (χ1v) is 6.99. The maximum atomic E-state index is 3.49. The van der Waals surface area contributed by atoms with E-state index < -0.39 is 0 Å². The van der Waals surface area contributed by atoms with Gasteiger partial charge >= 0.3 is 0 Å². The van der Waals surface area contributed by atoms with E-state index in [4.69, 9.17) is 0 Å². The predicted molar refractivity (Wildman–Crippen MR) is 71.8 cm³/mol. The van der Waals surface area contributed by atoms with Gasteiger partial charge in [0, 0.05) is 6.04 Å². The first kappa shape index (κ1) is 14.0. The van der Waals surface area contributed by atoms with Gasteiger partial charge in [-0.15, -0.1) is 0 Å². The van der Waals surface area contributed by atoms with Crippen molar-refractivity contribution in [3.8, 4) is 0 Å². The van der Waals surface area contributed by atoms with E-state index >= 15 is 0 Å². The first-order valence-electron chi connectivity index (χ1n) is 6.99. The molecule has 0 aliphatic carbocycles. The molecule has 1 aliphatic heterocycles. The van der Waals surface area contributed by atoms with Gasteiger partial charge in [0.1, 0.15) is 0 Å². The Balaban J connectivity index is 2.22. The van der Waals surface area contributed by atoms with Crippen LogP contribution in [-0.2, 0) is 0 Å². The molecule has 0 saturated carbocycles. The van der Waals surface area contributed by atoms with E-state index in [1.165, 1.54) is 45.3 Å². The normalized spacial score (nSPS) is 24.0. The molecule has 0 amide bonds. The van der Waals surface area contributed by atoms with Gasteiger partial charge in [0.2, 0.25) is 0 Å². The largest absolute Gasteiger partial charge is 0.314 e. The van der Waals surface area contributed by atoms with Crippen LogP contribution in [0, 0.1) is 5.41 Å². The molecule has 16 heavy (non-hydrogen) atoms. The highest BCUT2D eigenvalue weighted by atomic mass is 15.1. The van der Waals surface area contributed by atoms with Crippen LogP contribution < -0.4 is 5.32 Å². The fourth-order valence-electron chi connectivity index (χ4n) is 2.53. The van der Waals surface area contributed by atoms with Gasteiger partial charge in [0.15, 0.2) is 0 Å². The van der Waals surface area contributed by atoms with E-state index in [0.717, 1.165) is 6.54 Å². The minimum absolute atomic E-state index is 0.571. The minimum atomic E-state index is 0.571. The summed E-state index contributed by atoms with van der Waals surface area (Å²) >= 11 is 0. The summed E-state index contributed by atoms with van der Waals surface area (Å²) in [6.07, 6.45) is 5.42. The van der Waals surface area contributed by atoms with Gasteiger partial charge in [0.25, 0.3) is 0 Å². The van der Waals surface area contributed by atoms with Gasteiger partial charge in [-0.2, -0.15) is 0 Å². The molecule has 0 bridgehead atoms. The fourth-order valence-corrected chi connectivity index (χ4v) is 2.53. The molecular weight excluding hydrogens is 196 g/mol. The molecule has 0 aromatic heterocycles. The lowest BCUT2D eigenvalue weighted by molar-refractivity contribution is 0.251. The topological polar surface area (TPSA) is 15.3 Å². The Kier molecular flexibility index (Phi) is 5.77. The smallest absolute Gasteiger partial charge is 0.00507 e. The molecule has 1 N–H and O–H groups in total. The average Bonchev–Trinajstić information content (AvgIpc) is 2.37. The SMILES string of the molecule is CCNC(C)CCN1CCCC(C)(C)CC1. The Morgan fingerprint density at radius 3 is 2.69 bits per heavy atom.